The Labute approximate surface area is 87.1 Å². The molecule has 13 heavy (non-hydrogen) atoms. The minimum atomic E-state index is -0.411. The summed E-state index contributed by atoms with van der Waals surface area (Å²) >= 11 is 3.09. The maximum Gasteiger partial charge on any atom is 0.407 e. The highest BCUT2D eigenvalue weighted by molar-refractivity contribution is 9.09. The number of amides is 1. The summed E-state index contributed by atoms with van der Waals surface area (Å²) in [5, 5.41) is 2.67. The lowest BCUT2D eigenvalue weighted by atomic mass is 10.1. The smallest absolute Gasteiger partial charge is 0.407 e. The van der Waals surface area contributed by atoms with Gasteiger partial charge in [-0.25, -0.2) is 4.79 Å². The van der Waals surface area contributed by atoms with Crippen LogP contribution < -0.4 is 5.32 Å². The van der Waals surface area contributed by atoms with E-state index in [1.165, 1.54) is 0 Å². The van der Waals surface area contributed by atoms with Crippen molar-refractivity contribution < 1.29 is 14.3 Å². The molecule has 0 aromatic carbocycles. The Morgan fingerprint density at radius 1 is 1.38 bits per heavy atom. The van der Waals surface area contributed by atoms with Gasteiger partial charge in [-0.3, -0.25) is 0 Å². The van der Waals surface area contributed by atoms with Gasteiger partial charge in [0.2, 0.25) is 0 Å². The zero-order chi connectivity index (χ0) is 10.3. The summed E-state index contributed by atoms with van der Waals surface area (Å²) in [5.74, 6) is 0. The fourth-order valence-corrected chi connectivity index (χ4v) is 0.819. The van der Waals surface area contributed by atoms with Gasteiger partial charge in [0.25, 0.3) is 0 Å². The van der Waals surface area contributed by atoms with Crippen molar-refractivity contribution >= 4 is 22.0 Å². The summed E-state index contributed by atoms with van der Waals surface area (Å²) in [6.45, 7) is 6.35. The van der Waals surface area contributed by atoms with Crippen molar-refractivity contribution in [3.63, 3.8) is 0 Å². The number of alkyl halides is 1. The molecule has 1 amide bonds. The number of carbonyl (C=O) groups excluding carboxylic acids is 1. The van der Waals surface area contributed by atoms with Crippen molar-refractivity contribution in [2.45, 2.75) is 26.3 Å². The van der Waals surface area contributed by atoms with E-state index in [1.54, 1.807) is 0 Å². The predicted octanol–water partition coefficient (Wildman–Crippen LogP) is 1.88. The first-order valence-corrected chi connectivity index (χ1v) is 5.16. The Morgan fingerprint density at radius 3 is 2.46 bits per heavy atom. The zero-order valence-electron chi connectivity index (χ0n) is 8.22. The molecule has 0 saturated heterocycles. The lowest BCUT2D eigenvalue weighted by Crippen LogP contribution is -2.41. The van der Waals surface area contributed by atoms with Gasteiger partial charge in [-0.05, 0) is 20.8 Å². The van der Waals surface area contributed by atoms with Crippen molar-refractivity contribution in [1.82, 2.24) is 5.32 Å². The van der Waals surface area contributed by atoms with Crippen LogP contribution in [0.1, 0.15) is 20.8 Å². The number of carbonyl (C=O) groups is 1. The normalized spacial score (nSPS) is 11.1. The lowest BCUT2D eigenvalue weighted by Gasteiger charge is -2.19. The number of rotatable bonds is 4. The second-order valence-corrected chi connectivity index (χ2v) is 3.99. The number of nitrogens with one attached hydrogen (secondary N) is 1. The lowest BCUT2D eigenvalue weighted by molar-refractivity contribution is 0.0902. The molecule has 5 heteroatoms. The van der Waals surface area contributed by atoms with Gasteiger partial charge in [-0.15, -0.1) is 0 Å². The average Bonchev–Trinajstić information content (AvgIpc) is 1.94. The summed E-state index contributed by atoms with van der Waals surface area (Å²) in [4.78, 5) is 11.0. The molecule has 78 valence electrons. The monoisotopic (exact) mass is 253 g/mol. The van der Waals surface area contributed by atoms with Crippen LogP contribution in [0.2, 0.25) is 0 Å². The molecule has 0 heterocycles. The van der Waals surface area contributed by atoms with Crippen molar-refractivity contribution in [3.8, 4) is 0 Å². The largest absolute Gasteiger partial charge is 0.447 e. The van der Waals surface area contributed by atoms with Crippen LogP contribution in [0.5, 0.6) is 0 Å². The first kappa shape index (κ1) is 12.7. The van der Waals surface area contributed by atoms with E-state index in [0.29, 0.717) is 12.1 Å². The van der Waals surface area contributed by atoms with Gasteiger partial charge < -0.3 is 14.8 Å². The molecule has 0 radical (unpaired) electrons. The number of hydrogen-bond acceptors (Lipinski definition) is 3. The quantitative estimate of drug-likeness (QED) is 0.615. The molecule has 0 aliphatic heterocycles. The first-order valence-electron chi connectivity index (χ1n) is 4.04. The summed E-state index contributed by atoms with van der Waals surface area (Å²) in [6, 6.07) is 0. The fraction of sp³-hybridized carbons (Fsp3) is 0.875. The molecule has 0 bridgehead atoms. The average molecular weight is 254 g/mol. The summed E-state index contributed by atoms with van der Waals surface area (Å²) in [5.41, 5.74) is 0.199. The highest BCUT2D eigenvalue weighted by Gasteiger charge is 2.13. The van der Waals surface area contributed by atoms with Crippen LogP contribution >= 0.6 is 15.9 Å². The van der Waals surface area contributed by atoms with E-state index in [-0.39, 0.29) is 12.1 Å². The molecule has 0 aromatic rings. The Morgan fingerprint density at radius 2 is 2.00 bits per heavy atom. The van der Waals surface area contributed by atoms with Gasteiger partial charge in [-0.1, -0.05) is 15.9 Å². The Balaban J connectivity index is 3.41. The predicted molar refractivity (Wildman–Crippen MR) is 54.0 cm³/mol. The van der Waals surface area contributed by atoms with Gasteiger partial charge in [0.15, 0.2) is 0 Å². The minimum absolute atomic E-state index is 0.257. The molecule has 0 atom stereocenters. The van der Waals surface area contributed by atoms with Gasteiger partial charge in [0, 0.05) is 5.54 Å². The fourth-order valence-electron chi connectivity index (χ4n) is 0.590. The molecule has 0 rings (SSSR count). The minimum Gasteiger partial charge on any atom is -0.447 e. The number of hydrogen-bond donors (Lipinski definition) is 1. The molecule has 0 unspecified atom stereocenters. The molecule has 1 N–H and O–H groups in total. The van der Waals surface area contributed by atoms with E-state index in [2.05, 4.69) is 21.2 Å². The molecule has 4 nitrogen and oxygen atoms in total. The maximum absolute atomic E-state index is 11.0. The van der Waals surface area contributed by atoms with Crippen LogP contribution in [0.25, 0.3) is 0 Å². The van der Waals surface area contributed by atoms with Crippen molar-refractivity contribution in [3.05, 3.63) is 0 Å². The first-order chi connectivity index (χ1) is 5.95. The van der Waals surface area contributed by atoms with Gasteiger partial charge in [0.1, 0.15) is 12.1 Å². The van der Waals surface area contributed by atoms with Crippen LogP contribution in [-0.4, -0.2) is 30.4 Å². The number of ether oxygens (including phenoxy) is 2. The Kier molecular flexibility index (Phi) is 6.07. The highest BCUT2D eigenvalue weighted by Crippen LogP contribution is 1.98. The van der Waals surface area contributed by atoms with Gasteiger partial charge in [-0.2, -0.15) is 0 Å². The second-order valence-electron chi connectivity index (χ2n) is 3.53. The topological polar surface area (TPSA) is 47.6 Å². The van der Waals surface area contributed by atoms with Crippen LogP contribution in [0, 0.1) is 0 Å². The molecule has 0 aliphatic carbocycles. The molecular formula is C8H16BrNO3. The van der Waals surface area contributed by atoms with Crippen molar-refractivity contribution in [2.75, 3.05) is 18.7 Å². The van der Waals surface area contributed by atoms with E-state index < -0.39 is 6.09 Å². The molecule has 0 fully saturated rings. The molecule has 0 aromatic heterocycles. The van der Waals surface area contributed by atoms with Crippen molar-refractivity contribution in [2.24, 2.45) is 0 Å². The zero-order valence-corrected chi connectivity index (χ0v) is 9.81. The standard InChI is InChI=1S/C8H16BrNO3/c1-8(2,3)10-7(11)13-5-4-12-6-9/h4-6H2,1-3H3,(H,10,11). The number of alkyl carbamates (subject to hydrolysis) is 1. The van der Waals surface area contributed by atoms with Crippen LogP contribution in [-0.2, 0) is 9.47 Å². The summed E-state index contributed by atoms with van der Waals surface area (Å²) in [6.07, 6.45) is -0.411. The SMILES string of the molecule is CC(C)(C)NC(=O)OCCOCBr. The van der Waals surface area contributed by atoms with Crippen LogP contribution in [0.15, 0.2) is 0 Å². The Bertz CT molecular complexity index is 156. The third kappa shape index (κ3) is 9.63. The van der Waals surface area contributed by atoms with Crippen LogP contribution in [0.4, 0.5) is 4.79 Å². The molecule has 0 saturated carbocycles. The third-order valence-electron chi connectivity index (χ3n) is 1.02. The third-order valence-corrected chi connectivity index (χ3v) is 1.34. The van der Waals surface area contributed by atoms with Gasteiger partial charge >= 0.3 is 6.09 Å². The highest BCUT2D eigenvalue weighted by atomic mass is 79.9. The van der Waals surface area contributed by atoms with E-state index in [1.807, 2.05) is 20.8 Å². The summed E-state index contributed by atoms with van der Waals surface area (Å²) < 4.78 is 9.75. The van der Waals surface area contributed by atoms with Gasteiger partial charge in [0.05, 0.1) is 6.61 Å². The van der Waals surface area contributed by atoms with Crippen LogP contribution in [0.3, 0.4) is 0 Å². The van der Waals surface area contributed by atoms with E-state index in [0.717, 1.165) is 0 Å². The number of halogens is 1. The van der Waals surface area contributed by atoms with E-state index in [4.69, 9.17) is 9.47 Å². The second kappa shape index (κ2) is 6.21. The molecular weight excluding hydrogens is 238 g/mol. The van der Waals surface area contributed by atoms with Crippen molar-refractivity contribution in [1.29, 1.82) is 0 Å². The maximum atomic E-state index is 11.0. The Hall–Kier alpha value is -0.290. The van der Waals surface area contributed by atoms with E-state index >= 15 is 0 Å². The summed E-state index contributed by atoms with van der Waals surface area (Å²) in [7, 11) is 0. The molecule has 0 spiro atoms. The van der Waals surface area contributed by atoms with E-state index in [9.17, 15) is 4.79 Å². The molecule has 0 aliphatic rings.